The minimum Gasteiger partial charge on any atom is -0.205 e. The van der Waals surface area contributed by atoms with Crippen LogP contribution in [0.3, 0.4) is 0 Å². The number of rotatable bonds is 1. The van der Waals surface area contributed by atoms with Gasteiger partial charge in [-0.25, -0.2) is 8.78 Å². The van der Waals surface area contributed by atoms with Gasteiger partial charge in [0.25, 0.3) is 6.43 Å². The highest BCUT2D eigenvalue weighted by atomic mass is 127. The van der Waals surface area contributed by atoms with Gasteiger partial charge in [-0.2, -0.15) is 0 Å². The van der Waals surface area contributed by atoms with Gasteiger partial charge >= 0.3 is 0 Å². The Hall–Kier alpha value is 0.290. The molecular formula is C8H6BrF2I. The van der Waals surface area contributed by atoms with Crippen LogP contribution in [0.15, 0.2) is 16.6 Å². The molecule has 0 aromatic heterocycles. The van der Waals surface area contributed by atoms with Crippen LogP contribution in [0.4, 0.5) is 8.78 Å². The molecule has 0 radical (unpaired) electrons. The van der Waals surface area contributed by atoms with Gasteiger partial charge in [0.15, 0.2) is 0 Å². The predicted molar refractivity (Wildman–Crippen MR) is 56.6 cm³/mol. The Kier molecular flexibility index (Phi) is 3.46. The first-order chi connectivity index (χ1) is 5.54. The van der Waals surface area contributed by atoms with Crippen LogP contribution in [0, 0.1) is 10.5 Å². The first-order valence-electron chi connectivity index (χ1n) is 3.26. The summed E-state index contributed by atoms with van der Waals surface area (Å²) in [5.41, 5.74) is 1.07. The standard InChI is InChI=1S/C8H6BrF2I/c1-4-2-3-5(8(10)11)6(9)7(4)12/h2-3,8H,1H3. The lowest BCUT2D eigenvalue weighted by molar-refractivity contribution is 0.150. The lowest BCUT2D eigenvalue weighted by Crippen LogP contribution is -1.91. The van der Waals surface area contributed by atoms with Gasteiger partial charge in [-0.15, -0.1) is 0 Å². The van der Waals surface area contributed by atoms with Gasteiger partial charge < -0.3 is 0 Å². The van der Waals surface area contributed by atoms with Crippen LogP contribution in [0.25, 0.3) is 0 Å². The smallest absolute Gasteiger partial charge is 0.205 e. The summed E-state index contributed by atoms with van der Waals surface area (Å²) in [7, 11) is 0. The van der Waals surface area contributed by atoms with E-state index in [-0.39, 0.29) is 5.56 Å². The maximum atomic E-state index is 12.3. The molecule has 0 saturated carbocycles. The van der Waals surface area contributed by atoms with E-state index in [1.54, 1.807) is 6.07 Å². The van der Waals surface area contributed by atoms with Crippen LogP contribution in [-0.4, -0.2) is 0 Å². The Morgan fingerprint density at radius 1 is 1.42 bits per heavy atom. The van der Waals surface area contributed by atoms with Crippen molar-refractivity contribution >= 4 is 38.5 Å². The van der Waals surface area contributed by atoms with E-state index in [1.807, 2.05) is 29.5 Å². The van der Waals surface area contributed by atoms with Gasteiger partial charge in [0, 0.05) is 13.6 Å². The number of hydrogen-bond acceptors (Lipinski definition) is 0. The predicted octanol–water partition coefficient (Wildman–Crippen LogP) is 4.30. The molecule has 0 saturated heterocycles. The van der Waals surface area contributed by atoms with Gasteiger partial charge in [0.05, 0.1) is 0 Å². The van der Waals surface area contributed by atoms with Gasteiger partial charge in [-0.05, 0) is 51.0 Å². The van der Waals surface area contributed by atoms with E-state index in [4.69, 9.17) is 0 Å². The summed E-state index contributed by atoms with van der Waals surface area (Å²) < 4.78 is 26.0. The first kappa shape index (κ1) is 10.4. The Morgan fingerprint density at radius 2 is 2.00 bits per heavy atom. The molecule has 1 rings (SSSR count). The third-order valence-corrected chi connectivity index (χ3v) is 4.53. The molecule has 4 heteroatoms. The maximum Gasteiger partial charge on any atom is 0.264 e. The quantitative estimate of drug-likeness (QED) is 0.665. The molecule has 0 aliphatic heterocycles. The van der Waals surface area contributed by atoms with Crippen molar-refractivity contribution in [3.8, 4) is 0 Å². The fourth-order valence-electron chi connectivity index (χ4n) is 0.829. The van der Waals surface area contributed by atoms with Gasteiger partial charge in [0.1, 0.15) is 0 Å². The molecule has 0 N–H and O–H groups in total. The second-order valence-electron chi connectivity index (χ2n) is 2.40. The van der Waals surface area contributed by atoms with Crippen molar-refractivity contribution in [2.24, 2.45) is 0 Å². The van der Waals surface area contributed by atoms with Crippen molar-refractivity contribution < 1.29 is 8.78 Å². The molecule has 0 nitrogen and oxygen atoms in total. The van der Waals surface area contributed by atoms with Crippen molar-refractivity contribution in [3.05, 3.63) is 31.3 Å². The van der Waals surface area contributed by atoms with E-state index in [9.17, 15) is 8.78 Å². The Labute approximate surface area is 91.6 Å². The molecule has 0 amide bonds. The third kappa shape index (κ3) is 1.96. The van der Waals surface area contributed by atoms with E-state index < -0.39 is 6.43 Å². The summed E-state index contributed by atoms with van der Waals surface area (Å²) >= 11 is 5.19. The molecule has 0 unspecified atom stereocenters. The number of aryl methyl sites for hydroxylation is 1. The van der Waals surface area contributed by atoms with Gasteiger partial charge in [-0.3, -0.25) is 0 Å². The van der Waals surface area contributed by atoms with Crippen LogP contribution in [0.5, 0.6) is 0 Å². The fourth-order valence-corrected chi connectivity index (χ4v) is 1.94. The van der Waals surface area contributed by atoms with Crippen molar-refractivity contribution in [1.82, 2.24) is 0 Å². The van der Waals surface area contributed by atoms with Crippen molar-refractivity contribution in [2.45, 2.75) is 13.3 Å². The van der Waals surface area contributed by atoms with Crippen LogP contribution < -0.4 is 0 Å². The van der Waals surface area contributed by atoms with Crippen molar-refractivity contribution in [3.63, 3.8) is 0 Å². The molecular weight excluding hydrogens is 341 g/mol. The number of alkyl halides is 2. The Balaban J connectivity index is 3.27. The van der Waals surface area contributed by atoms with Gasteiger partial charge in [0.2, 0.25) is 0 Å². The SMILES string of the molecule is Cc1ccc(C(F)F)c(Br)c1I. The van der Waals surface area contributed by atoms with Crippen molar-refractivity contribution in [1.29, 1.82) is 0 Å². The highest BCUT2D eigenvalue weighted by Gasteiger charge is 2.14. The molecule has 0 spiro atoms. The summed E-state index contributed by atoms with van der Waals surface area (Å²) in [5.74, 6) is 0. The van der Waals surface area contributed by atoms with E-state index >= 15 is 0 Å². The highest BCUT2D eigenvalue weighted by Crippen LogP contribution is 2.32. The molecule has 1 aromatic rings. The highest BCUT2D eigenvalue weighted by molar-refractivity contribution is 14.1. The minimum atomic E-state index is -2.41. The summed E-state index contributed by atoms with van der Waals surface area (Å²) in [6, 6.07) is 3.15. The lowest BCUT2D eigenvalue weighted by Gasteiger charge is -2.06. The average Bonchev–Trinajstić information content (AvgIpc) is 2.00. The Morgan fingerprint density at radius 3 is 2.50 bits per heavy atom. The number of benzene rings is 1. The molecule has 0 aliphatic carbocycles. The zero-order chi connectivity index (χ0) is 9.30. The molecule has 1 aromatic carbocycles. The molecule has 0 atom stereocenters. The van der Waals surface area contributed by atoms with Crippen molar-refractivity contribution in [2.75, 3.05) is 0 Å². The molecule has 0 aliphatic rings. The van der Waals surface area contributed by atoms with Crippen LogP contribution >= 0.6 is 38.5 Å². The van der Waals surface area contributed by atoms with E-state index in [1.165, 1.54) is 6.07 Å². The van der Waals surface area contributed by atoms with E-state index in [0.29, 0.717) is 4.47 Å². The second-order valence-corrected chi connectivity index (χ2v) is 4.27. The van der Waals surface area contributed by atoms with Crippen LogP contribution in [-0.2, 0) is 0 Å². The summed E-state index contributed by atoms with van der Waals surface area (Å²) in [4.78, 5) is 0. The molecule has 0 heterocycles. The van der Waals surface area contributed by atoms with E-state index in [2.05, 4.69) is 15.9 Å². The normalized spacial score (nSPS) is 10.8. The average molecular weight is 347 g/mol. The van der Waals surface area contributed by atoms with Gasteiger partial charge in [-0.1, -0.05) is 12.1 Å². The topological polar surface area (TPSA) is 0 Å². The summed E-state index contributed by atoms with van der Waals surface area (Å²) in [6.45, 7) is 1.89. The zero-order valence-electron chi connectivity index (χ0n) is 6.24. The lowest BCUT2D eigenvalue weighted by atomic mass is 10.2. The van der Waals surface area contributed by atoms with Crippen LogP contribution in [0.2, 0.25) is 0 Å². The number of hydrogen-bond donors (Lipinski definition) is 0. The zero-order valence-corrected chi connectivity index (χ0v) is 9.99. The number of halogens is 4. The minimum absolute atomic E-state index is 0.0602. The summed E-state index contributed by atoms with van der Waals surface area (Å²) in [5, 5.41) is 0. The molecule has 0 fully saturated rings. The monoisotopic (exact) mass is 346 g/mol. The van der Waals surface area contributed by atoms with Crippen LogP contribution in [0.1, 0.15) is 17.6 Å². The Bertz CT molecular complexity index is 299. The largest absolute Gasteiger partial charge is 0.264 e. The summed E-state index contributed by atoms with van der Waals surface area (Å²) in [6.07, 6.45) is -2.41. The molecule has 12 heavy (non-hydrogen) atoms. The van der Waals surface area contributed by atoms with E-state index in [0.717, 1.165) is 9.13 Å². The first-order valence-corrected chi connectivity index (χ1v) is 5.14. The fraction of sp³-hybridized carbons (Fsp3) is 0.250. The molecule has 0 bridgehead atoms. The maximum absolute atomic E-state index is 12.3. The molecule has 66 valence electrons. The second kappa shape index (κ2) is 4.00. The third-order valence-electron chi connectivity index (χ3n) is 1.54.